The van der Waals surface area contributed by atoms with Crippen LogP contribution in [-0.4, -0.2) is 25.4 Å². The fraction of sp³-hybridized carbons (Fsp3) is 0.263. The van der Waals surface area contributed by atoms with Gasteiger partial charge < -0.3 is 5.32 Å². The number of nitrogens with one attached hydrogen (secondary N) is 2. The average molecular weight is 422 g/mol. The van der Waals surface area contributed by atoms with Gasteiger partial charge in [-0.15, -0.1) is 11.3 Å². The first-order valence-electron chi connectivity index (χ1n) is 8.67. The van der Waals surface area contributed by atoms with E-state index in [9.17, 15) is 17.6 Å². The largest absolute Gasteiger partial charge is 0.348 e. The summed E-state index contributed by atoms with van der Waals surface area (Å²) in [4.78, 5) is 16.6. The molecule has 0 saturated carbocycles. The van der Waals surface area contributed by atoms with Crippen LogP contribution < -0.4 is 10.0 Å². The first-order valence-corrected chi connectivity index (χ1v) is 11.0. The van der Waals surface area contributed by atoms with Crippen LogP contribution in [0.1, 0.15) is 18.9 Å². The lowest BCUT2D eigenvalue weighted by molar-refractivity contribution is -0.123. The average Bonchev–Trinajstić information content (AvgIpc) is 3.07. The van der Waals surface area contributed by atoms with Crippen molar-refractivity contribution in [2.24, 2.45) is 5.92 Å². The van der Waals surface area contributed by atoms with Gasteiger partial charge in [-0.1, -0.05) is 38.1 Å². The number of hydrogen-bond acceptors (Lipinski definition) is 5. The van der Waals surface area contributed by atoms with Crippen molar-refractivity contribution < 1.29 is 17.6 Å². The second-order valence-electron chi connectivity index (χ2n) is 6.57. The molecule has 9 heteroatoms. The number of aromatic nitrogens is 1. The van der Waals surface area contributed by atoms with Gasteiger partial charge in [-0.05, 0) is 30.2 Å². The Bertz CT molecular complexity index is 1060. The van der Waals surface area contributed by atoms with Gasteiger partial charge >= 0.3 is 0 Å². The van der Waals surface area contributed by atoms with Crippen molar-refractivity contribution in [1.82, 2.24) is 15.0 Å². The summed E-state index contributed by atoms with van der Waals surface area (Å²) in [5.41, 5.74) is 0.845. The molecule has 3 rings (SSSR count). The molecule has 148 valence electrons. The normalized spacial score (nSPS) is 13.0. The molecule has 6 nitrogen and oxygen atoms in total. The molecule has 0 aliphatic heterocycles. The van der Waals surface area contributed by atoms with Crippen molar-refractivity contribution in [1.29, 1.82) is 0 Å². The Labute approximate surface area is 166 Å². The predicted octanol–water partition coefficient (Wildman–Crippen LogP) is 3.05. The summed E-state index contributed by atoms with van der Waals surface area (Å²) in [7, 11) is -4.18. The number of carbonyl (C=O) groups excluding carboxylic acids is 1. The number of para-hydroxylation sites is 1. The van der Waals surface area contributed by atoms with Crippen LogP contribution >= 0.6 is 11.3 Å². The number of fused-ring (bicyclic) bond motifs is 1. The van der Waals surface area contributed by atoms with Crippen LogP contribution in [0, 0.1) is 11.7 Å². The molecule has 1 aromatic heterocycles. The predicted molar refractivity (Wildman–Crippen MR) is 107 cm³/mol. The molecule has 2 N–H and O–H groups in total. The molecule has 0 aliphatic rings. The number of benzene rings is 2. The molecular weight excluding hydrogens is 401 g/mol. The summed E-state index contributed by atoms with van der Waals surface area (Å²) in [6.07, 6.45) is 0. The van der Waals surface area contributed by atoms with Gasteiger partial charge in [0.25, 0.3) is 0 Å². The van der Waals surface area contributed by atoms with Gasteiger partial charge in [0, 0.05) is 0 Å². The smallest absolute Gasteiger partial charge is 0.244 e. The molecule has 28 heavy (non-hydrogen) atoms. The third kappa shape index (κ3) is 4.54. The van der Waals surface area contributed by atoms with Crippen molar-refractivity contribution in [3.05, 3.63) is 59.4 Å². The van der Waals surface area contributed by atoms with E-state index < -0.39 is 32.7 Å². The Hall–Kier alpha value is -2.36. The minimum atomic E-state index is -4.18. The van der Waals surface area contributed by atoms with Crippen LogP contribution in [0.4, 0.5) is 4.39 Å². The topological polar surface area (TPSA) is 88.2 Å². The standard InChI is InChI=1S/C19H20FN3O3S2/c1-12(2)18(23-28(25,26)16-10-6-3-7-13(16)20)19(24)21-11-17-22-14-8-4-5-9-15(14)27-17/h3-10,12,18,23H,11H2,1-2H3,(H,21,24)/t18-/m1/s1. The SMILES string of the molecule is CC(C)[C@@H](NS(=O)(=O)c1ccccc1F)C(=O)NCc1nc2ccccc2s1. The second kappa shape index (κ2) is 8.34. The highest BCUT2D eigenvalue weighted by atomic mass is 32.2. The van der Waals surface area contributed by atoms with E-state index >= 15 is 0 Å². The Morgan fingerprint density at radius 2 is 1.82 bits per heavy atom. The lowest BCUT2D eigenvalue weighted by Crippen LogP contribution is -2.49. The highest BCUT2D eigenvalue weighted by molar-refractivity contribution is 7.89. The molecule has 1 amide bonds. The zero-order chi connectivity index (χ0) is 20.3. The van der Waals surface area contributed by atoms with E-state index in [0.29, 0.717) is 5.01 Å². The Morgan fingerprint density at radius 3 is 2.50 bits per heavy atom. The van der Waals surface area contributed by atoms with Crippen LogP contribution in [0.3, 0.4) is 0 Å². The van der Waals surface area contributed by atoms with Crippen LogP contribution in [0.2, 0.25) is 0 Å². The molecule has 0 bridgehead atoms. The third-order valence-corrected chi connectivity index (χ3v) is 6.62. The summed E-state index contributed by atoms with van der Waals surface area (Å²) in [6, 6.07) is 11.6. The van der Waals surface area contributed by atoms with E-state index in [1.54, 1.807) is 13.8 Å². The maximum atomic E-state index is 13.9. The minimum Gasteiger partial charge on any atom is -0.348 e. The van der Waals surface area contributed by atoms with Crippen molar-refractivity contribution >= 4 is 37.5 Å². The fourth-order valence-corrected chi connectivity index (χ4v) is 4.98. The Morgan fingerprint density at radius 1 is 1.14 bits per heavy atom. The van der Waals surface area contributed by atoms with Gasteiger partial charge in [0.2, 0.25) is 15.9 Å². The quantitative estimate of drug-likeness (QED) is 0.614. The first-order chi connectivity index (χ1) is 13.3. The first kappa shape index (κ1) is 20.4. The van der Waals surface area contributed by atoms with Crippen molar-refractivity contribution in [2.75, 3.05) is 0 Å². The van der Waals surface area contributed by atoms with Gasteiger partial charge in [-0.25, -0.2) is 17.8 Å². The zero-order valence-corrected chi connectivity index (χ0v) is 17.0. The summed E-state index contributed by atoms with van der Waals surface area (Å²) in [6.45, 7) is 3.61. The van der Waals surface area contributed by atoms with Crippen molar-refractivity contribution in [3.63, 3.8) is 0 Å². The van der Waals surface area contributed by atoms with Crippen LogP contribution in [-0.2, 0) is 21.4 Å². The molecule has 0 fully saturated rings. The molecule has 0 spiro atoms. The van der Waals surface area contributed by atoms with Crippen molar-refractivity contribution in [2.45, 2.75) is 31.3 Å². The monoisotopic (exact) mass is 421 g/mol. The van der Waals surface area contributed by atoms with Gasteiger partial charge in [-0.3, -0.25) is 4.79 Å². The molecule has 0 aliphatic carbocycles. The summed E-state index contributed by atoms with van der Waals surface area (Å²) < 4.78 is 42.2. The Kier molecular flexibility index (Phi) is 6.07. The third-order valence-electron chi connectivity index (χ3n) is 4.11. The van der Waals surface area contributed by atoms with E-state index in [1.807, 2.05) is 24.3 Å². The number of sulfonamides is 1. The molecular formula is C19H20FN3O3S2. The van der Waals surface area contributed by atoms with Gasteiger partial charge in [0.1, 0.15) is 21.8 Å². The van der Waals surface area contributed by atoms with Crippen LogP contribution in [0.5, 0.6) is 0 Å². The lowest BCUT2D eigenvalue weighted by atomic mass is 10.1. The lowest BCUT2D eigenvalue weighted by Gasteiger charge is -2.21. The zero-order valence-electron chi connectivity index (χ0n) is 15.3. The molecule has 1 heterocycles. The van der Waals surface area contributed by atoms with E-state index in [2.05, 4.69) is 15.0 Å². The summed E-state index contributed by atoms with van der Waals surface area (Å²) >= 11 is 1.46. The summed E-state index contributed by atoms with van der Waals surface area (Å²) in [5, 5.41) is 3.43. The number of amides is 1. The maximum Gasteiger partial charge on any atom is 0.244 e. The highest BCUT2D eigenvalue weighted by Crippen LogP contribution is 2.21. The van der Waals surface area contributed by atoms with Crippen molar-refractivity contribution in [3.8, 4) is 0 Å². The molecule has 3 aromatic rings. The molecule has 0 radical (unpaired) electrons. The number of nitrogens with zero attached hydrogens (tertiary/aromatic N) is 1. The number of thiazole rings is 1. The van der Waals surface area contributed by atoms with Crippen LogP contribution in [0.25, 0.3) is 10.2 Å². The van der Waals surface area contributed by atoms with E-state index in [4.69, 9.17) is 0 Å². The number of carbonyl (C=O) groups is 1. The van der Waals surface area contributed by atoms with Gasteiger partial charge in [0.15, 0.2) is 0 Å². The highest BCUT2D eigenvalue weighted by Gasteiger charge is 2.29. The minimum absolute atomic E-state index is 0.183. The van der Waals surface area contributed by atoms with E-state index in [0.717, 1.165) is 22.3 Å². The van der Waals surface area contributed by atoms with E-state index in [-0.39, 0.29) is 12.5 Å². The summed E-state index contributed by atoms with van der Waals surface area (Å²) in [5.74, 6) is -1.70. The molecule has 0 saturated heterocycles. The van der Waals surface area contributed by atoms with Crippen LogP contribution in [0.15, 0.2) is 53.4 Å². The molecule has 1 atom stereocenters. The number of halogens is 1. The number of rotatable bonds is 7. The molecule has 2 aromatic carbocycles. The van der Waals surface area contributed by atoms with Gasteiger partial charge in [0.05, 0.1) is 16.8 Å². The fourth-order valence-electron chi connectivity index (χ4n) is 2.65. The second-order valence-corrected chi connectivity index (χ2v) is 9.36. The number of hydrogen-bond donors (Lipinski definition) is 2. The van der Waals surface area contributed by atoms with Gasteiger partial charge in [-0.2, -0.15) is 4.72 Å². The Balaban J connectivity index is 1.72. The maximum absolute atomic E-state index is 13.9. The van der Waals surface area contributed by atoms with E-state index in [1.165, 1.54) is 23.5 Å². The molecule has 0 unspecified atom stereocenters.